The number of hydrogen-bond acceptors (Lipinski definition) is 4. The van der Waals surface area contributed by atoms with Crippen LogP contribution >= 0.6 is 11.6 Å². The highest BCUT2D eigenvalue weighted by atomic mass is 35.5. The summed E-state index contributed by atoms with van der Waals surface area (Å²) in [7, 11) is 0. The van der Waals surface area contributed by atoms with Crippen LogP contribution in [-0.4, -0.2) is 36.5 Å². The minimum absolute atomic E-state index is 0.475. The number of H-pyrrole nitrogens is 1. The molecular formula is C13H15ClN4O. The van der Waals surface area contributed by atoms with Gasteiger partial charge in [0.2, 0.25) is 0 Å². The Morgan fingerprint density at radius 1 is 1.26 bits per heavy atom. The van der Waals surface area contributed by atoms with Gasteiger partial charge in [-0.2, -0.15) is 5.10 Å². The first-order chi connectivity index (χ1) is 9.24. The zero-order valence-corrected chi connectivity index (χ0v) is 11.2. The molecule has 1 fully saturated rings. The van der Waals surface area contributed by atoms with Crippen molar-refractivity contribution in [2.75, 3.05) is 36.9 Å². The van der Waals surface area contributed by atoms with Gasteiger partial charge >= 0.3 is 0 Å². The summed E-state index contributed by atoms with van der Waals surface area (Å²) in [6.07, 6.45) is 0. The second-order valence-electron chi connectivity index (χ2n) is 4.47. The first-order valence-corrected chi connectivity index (χ1v) is 6.55. The number of nitrogen functional groups attached to an aromatic ring is 1. The van der Waals surface area contributed by atoms with Gasteiger partial charge in [0.1, 0.15) is 5.82 Å². The Balaban J connectivity index is 2.03. The third-order valence-corrected chi connectivity index (χ3v) is 3.43. The molecule has 1 aromatic heterocycles. The van der Waals surface area contributed by atoms with Gasteiger partial charge in [-0.1, -0.05) is 11.6 Å². The molecule has 0 saturated carbocycles. The molecule has 19 heavy (non-hydrogen) atoms. The number of halogens is 1. The van der Waals surface area contributed by atoms with E-state index in [1.165, 1.54) is 0 Å². The fourth-order valence-corrected chi connectivity index (χ4v) is 2.45. The van der Waals surface area contributed by atoms with Gasteiger partial charge in [-0.05, 0) is 18.2 Å². The van der Waals surface area contributed by atoms with E-state index in [-0.39, 0.29) is 0 Å². The number of aromatic amines is 1. The van der Waals surface area contributed by atoms with E-state index < -0.39 is 0 Å². The van der Waals surface area contributed by atoms with E-state index in [0.29, 0.717) is 10.8 Å². The highest BCUT2D eigenvalue weighted by molar-refractivity contribution is 6.31. The normalized spacial score (nSPS) is 15.7. The fourth-order valence-electron chi connectivity index (χ4n) is 2.28. The minimum atomic E-state index is 0.475. The highest BCUT2D eigenvalue weighted by Gasteiger charge is 2.17. The van der Waals surface area contributed by atoms with Gasteiger partial charge in [0.05, 0.1) is 18.9 Å². The quantitative estimate of drug-likeness (QED) is 0.883. The van der Waals surface area contributed by atoms with E-state index in [2.05, 4.69) is 15.1 Å². The maximum Gasteiger partial charge on any atom is 0.145 e. The van der Waals surface area contributed by atoms with E-state index in [0.717, 1.165) is 43.2 Å². The molecule has 0 bridgehead atoms. The van der Waals surface area contributed by atoms with Gasteiger partial charge in [0.25, 0.3) is 0 Å². The van der Waals surface area contributed by atoms with Crippen LogP contribution in [0.15, 0.2) is 24.3 Å². The van der Waals surface area contributed by atoms with Crippen LogP contribution in [0.2, 0.25) is 5.02 Å². The monoisotopic (exact) mass is 278 g/mol. The predicted molar refractivity (Wildman–Crippen MR) is 76.5 cm³/mol. The van der Waals surface area contributed by atoms with Crippen LogP contribution in [0, 0.1) is 0 Å². The second kappa shape index (κ2) is 5.11. The summed E-state index contributed by atoms with van der Waals surface area (Å²) in [6.45, 7) is 3.23. The number of anilines is 2. The van der Waals surface area contributed by atoms with Gasteiger partial charge < -0.3 is 15.4 Å². The van der Waals surface area contributed by atoms with E-state index in [1.54, 1.807) is 0 Å². The zero-order chi connectivity index (χ0) is 13.2. The van der Waals surface area contributed by atoms with Crippen molar-refractivity contribution in [2.45, 2.75) is 0 Å². The number of ether oxygens (including phenoxy) is 1. The first-order valence-electron chi connectivity index (χ1n) is 6.17. The molecule has 1 aliphatic heterocycles. The van der Waals surface area contributed by atoms with Crippen molar-refractivity contribution in [3.8, 4) is 11.3 Å². The van der Waals surface area contributed by atoms with Crippen LogP contribution in [0.1, 0.15) is 0 Å². The summed E-state index contributed by atoms with van der Waals surface area (Å²) < 4.78 is 5.39. The fraction of sp³-hybridized carbons (Fsp3) is 0.308. The predicted octanol–water partition coefficient (Wildman–Crippen LogP) is 2.15. The number of benzene rings is 1. The first kappa shape index (κ1) is 12.3. The van der Waals surface area contributed by atoms with Gasteiger partial charge in [-0.25, -0.2) is 0 Å². The standard InChI is InChI=1S/C13H15ClN4O/c14-9-1-2-12(18-3-5-19-6-4-18)10(7-9)11-8-13(15)17-16-11/h1-2,7-8H,3-6H2,(H3,15,16,17). The van der Waals surface area contributed by atoms with Gasteiger partial charge in [-0.3, -0.25) is 5.10 Å². The molecule has 0 atom stereocenters. The van der Waals surface area contributed by atoms with Crippen LogP contribution in [0.25, 0.3) is 11.3 Å². The van der Waals surface area contributed by atoms with Crippen LogP contribution < -0.4 is 10.6 Å². The molecule has 3 rings (SSSR count). The number of nitrogens with two attached hydrogens (primary N) is 1. The number of rotatable bonds is 2. The molecule has 1 saturated heterocycles. The van der Waals surface area contributed by atoms with Crippen molar-refractivity contribution in [1.29, 1.82) is 0 Å². The SMILES string of the molecule is Nc1cc(-c2cc(Cl)ccc2N2CCOCC2)[nH]n1. The Kier molecular flexibility index (Phi) is 3.31. The van der Waals surface area contributed by atoms with Crippen LogP contribution in [0.4, 0.5) is 11.5 Å². The van der Waals surface area contributed by atoms with Crippen molar-refractivity contribution >= 4 is 23.1 Å². The molecule has 3 N–H and O–H groups in total. The lowest BCUT2D eigenvalue weighted by molar-refractivity contribution is 0.123. The molecule has 0 unspecified atom stereocenters. The van der Waals surface area contributed by atoms with Gasteiger partial charge in [0, 0.05) is 35.4 Å². The number of aromatic nitrogens is 2. The number of nitrogens with zero attached hydrogens (tertiary/aromatic N) is 2. The van der Waals surface area contributed by atoms with E-state index >= 15 is 0 Å². The maximum atomic E-state index is 6.10. The van der Waals surface area contributed by atoms with E-state index in [1.807, 2.05) is 24.3 Å². The van der Waals surface area contributed by atoms with E-state index in [4.69, 9.17) is 22.1 Å². The Bertz CT molecular complexity index is 578. The number of hydrogen-bond donors (Lipinski definition) is 2. The van der Waals surface area contributed by atoms with Crippen molar-refractivity contribution in [2.24, 2.45) is 0 Å². The van der Waals surface area contributed by atoms with Crippen LogP contribution in [0.5, 0.6) is 0 Å². The summed E-state index contributed by atoms with van der Waals surface area (Å²) >= 11 is 6.10. The summed E-state index contributed by atoms with van der Waals surface area (Å²) in [6, 6.07) is 7.67. The van der Waals surface area contributed by atoms with Crippen LogP contribution in [-0.2, 0) is 4.74 Å². The summed E-state index contributed by atoms with van der Waals surface area (Å²) in [5, 5.41) is 7.61. The second-order valence-corrected chi connectivity index (χ2v) is 4.90. The lowest BCUT2D eigenvalue weighted by Crippen LogP contribution is -2.36. The van der Waals surface area contributed by atoms with Gasteiger partial charge in [0.15, 0.2) is 0 Å². The largest absolute Gasteiger partial charge is 0.382 e. The van der Waals surface area contributed by atoms with Crippen molar-refractivity contribution < 1.29 is 4.74 Å². The molecule has 0 spiro atoms. The Morgan fingerprint density at radius 3 is 2.74 bits per heavy atom. The number of morpholine rings is 1. The molecule has 5 nitrogen and oxygen atoms in total. The Hall–Kier alpha value is -1.72. The van der Waals surface area contributed by atoms with Gasteiger partial charge in [-0.15, -0.1) is 0 Å². The summed E-state index contributed by atoms with van der Waals surface area (Å²) in [5.41, 5.74) is 8.68. The van der Waals surface area contributed by atoms with E-state index in [9.17, 15) is 0 Å². The minimum Gasteiger partial charge on any atom is -0.382 e. The Morgan fingerprint density at radius 2 is 2.05 bits per heavy atom. The molecule has 2 aromatic rings. The molecule has 0 radical (unpaired) electrons. The maximum absolute atomic E-state index is 6.10. The van der Waals surface area contributed by atoms with Crippen LogP contribution in [0.3, 0.4) is 0 Å². The smallest absolute Gasteiger partial charge is 0.145 e. The zero-order valence-electron chi connectivity index (χ0n) is 10.4. The molecule has 0 aliphatic carbocycles. The summed E-state index contributed by atoms with van der Waals surface area (Å²) in [4.78, 5) is 2.28. The average molecular weight is 279 g/mol. The third-order valence-electron chi connectivity index (χ3n) is 3.20. The molecule has 2 heterocycles. The molecule has 1 aliphatic rings. The molecule has 0 amide bonds. The van der Waals surface area contributed by atoms with Crippen molar-refractivity contribution in [3.05, 3.63) is 29.3 Å². The highest BCUT2D eigenvalue weighted by Crippen LogP contribution is 2.33. The third kappa shape index (κ3) is 2.52. The summed E-state index contributed by atoms with van der Waals surface area (Å²) in [5.74, 6) is 0.475. The molecule has 6 heteroatoms. The topological polar surface area (TPSA) is 67.2 Å². The average Bonchev–Trinajstić information content (AvgIpc) is 2.86. The molecule has 1 aromatic carbocycles. The van der Waals surface area contributed by atoms with Crippen molar-refractivity contribution in [1.82, 2.24) is 10.2 Å². The Labute approximate surface area is 116 Å². The lowest BCUT2D eigenvalue weighted by atomic mass is 10.1. The van der Waals surface area contributed by atoms with Crippen molar-refractivity contribution in [3.63, 3.8) is 0 Å². The molecule has 100 valence electrons. The number of nitrogens with one attached hydrogen (secondary N) is 1. The molecular weight excluding hydrogens is 264 g/mol. The lowest BCUT2D eigenvalue weighted by Gasteiger charge is -2.30.